The summed E-state index contributed by atoms with van der Waals surface area (Å²) in [6.45, 7) is 0. The second-order valence-electron chi connectivity index (χ2n) is 0. The molecule has 0 aromatic rings. The van der Waals surface area contributed by atoms with Gasteiger partial charge in [0.15, 0.2) is 0 Å². The summed E-state index contributed by atoms with van der Waals surface area (Å²) >= 11 is 0. The van der Waals surface area contributed by atoms with Gasteiger partial charge in [0.1, 0.15) is 0 Å². The monoisotopic (exact) mass is 104 g/mol. The van der Waals surface area contributed by atoms with Gasteiger partial charge < -0.3 is 14.9 Å². The molecule has 0 heterocycles. The Morgan fingerprint density at radius 2 is 0.750 bits per heavy atom. The van der Waals surface area contributed by atoms with Crippen molar-refractivity contribution in [1.29, 1.82) is 0 Å². The normalized spacial score (nSPS) is 0. The molecular formula is H2F2OTi. The minimum Gasteiger partial charge on any atom is -1.00 e. The Balaban J connectivity index is 0. The topological polar surface area (TPSA) is 31.5 Å². The first-order chi connectivity index (χ1) is 0. The van der Waals surface area contributed by atoms with E-state index in [4.69, 9.17) is 0 Å². The van der Waals surface area contributed by atoms with Gasteiger partial charge in [-0.1, -0.05) is 0 Å². The first-order valence-electron chi connectivity index (χ1n) is 0. The van der Waals surface area contributed by atoms with Crippen LogP contribution in [0.3, 0.4) is 0 Å². The van der Waals surface area contributed by atoms with Crippen LogP contribution in [-0.2, 0) is 21.7 Å². The molecule has 0 bridgehead atoms. The van der Waals surface area contributed by atoms with Crippen LogP contribution in [0.5, 0.6) is 0 Å². The molecule has 4 heavy (non-hydrogen) atoms. The summed E-state index contributed by atoms with van der Waals surface area (Å²) in [6, 6.07) is 0. The number of hydrogen-bond acceptors (Lipinski definition) is 0. The van der Waals surface area contributed by atoms with E-state index >= 15 is 0 Å². The van der Waals surface area contributed by atoms with E-state index in [1.807, 2.05) is 0 Å². The summed E-state index contributed by atoms with van der Waals surface area (Å²) < 4.78 is 0. The summed E-state index contributed by atoms with van der Waals surface area (Å²) in [7, 11) is 0. The van der Waals surface area contributed by atoms with Gasteiger partial charge in [0, 0.05) is 0 Å². The molecule has 1 nitrogen and oxygen atoms in total. The van der Waals surface area contributed by atoms with E-state index in [2.05, 4.69) is 0 Å². The quantitative estimate of drug-likeness (QED) is 0.273. The largest absolute Gasteiger partial charge is 2.00 e. The molecular weight excluding hydrogens is 102 g/mol. The molecule has 0 aliphatic heterocycles. The molecule has 0 saturated heterocycles. The minimum atomic E-state index is 0. The van der Waals surface area contributed by atoms with Crippen LogP contribution in [0.4, 0.5) is 0 Å². The minimum absolute atomic E-state index is 0. The Labute approximate surface area is 37.3 Å². The first-order valence-corrected chi connectivity index (χ1v) is 0. The Hall–Kier alpha value is 0.534. The molecule has 0 spiro atoms. The van der Waals surface area contributed by atoms with E-state index in [9.17, 15) is 0 Å². The van der Waals surface area contributed by atoms with Crippen molar-refractivity contribution < 1.29 is 36.6 Å². The van der Waals surface area contributed by atoms with Crippen molar-refractivity contribution in [3.63, 3.8) is 0 Å². The van der Waals surface area contributed by atoms with Crippen LogP contribution in [0, 0.1) is 0 Å². The Morgan fingerprint density at radius 3 is 0.750 bits per heavy atom. The van der Waals surface area contributed by atoms with Crippen molar-refractivity contribution in [3.05, 3.63) is 0 Å². The third-order valence-corrected chi connectivity index (χ3v) is 0. The number of halogens is 2. The fourth-order valence-electron chi connectivity index (χ4n) is 0. The van der Waals surface area contributed by atoms with Gasteiger partial charge in [0.05, 0.1) is 0 Å². The molecule has 26 valence electrons. The second kappa shape index (κ2) is 79.5. The third kappa shape index (κ3) is 20.9. The molecule has 0 aliphatic carbocycles. The Morgan fingerprint density at radius 1 is 0.750 bits per heavy atom. The van der Waals surface area contributed by atoms with Gasteiger partial charge >= 0.3 is 21.7 Å². The maximum absolute atomic E-state index is 0. The van der Waals surface area contributed by atoms with Crippen molar-refractivity contribution in [2.24, 2.45) is 0 Å². The Kier molecular flexibility index (Phi) is 3940. The van der Waals surface area contributed by atoms with Gasteiger partial charge in [-0.05, 0) is 0 Å². The van der Waals surface area contributed by atoms with Crippen LogP contribution >= 0.6 is 0 Å². The van der Waals surface area contributed by atoms with Gasteiger partial charge in [-0.3, -0.25) is 0 Å². The van der Waals surface area contributed by atoms with E-state index in [1.54, 1.807) is 0 Å². The average Bonchev–Trinajstić information content (AvgIpc) is 0. The Bertz CT molecular complexity index is 6.00. The molecule has 4 heteroatoms. The molecule has 0 saturated carbocycles. The maximum atomic E-state index is 0. The summed E-state index contributed by atoms with van der Waals surface area (Å²) in [5, 5.41) is 0. The van der Waals surface area contributed by atoms with Crippen molar-refractivity contribution in [2.45, 2.75) is 0 Å². The zero-order valence-corrected chi connectivity index (χ0v) is 3.32. The SMILES string of the molecule is O.[F-].[F-].[Ti+2]. The fourth-order valence-corrected chi connectivity index (χ4v) is 0. The van der Waals surface area contributed by atoms with Crippen LogP contribution in [0.1, 0.15) is 0 Å². The van der Waals surface area contributed by atoms with E-state index in [-0.39, 0.29) is 36.6 Å². The molecule has 0 atom stereocenters. The summed E-state index contributed by atoms with van der Waals surface area (Å²) in [4.78, 5) is 0. The summed E-state index contributed by atoms with van der Waals surface area (Å²) in [5.74, 6) is 0. The fraction of sp³-hybridized carbons (Fsp3) is 0. The van der Waals surface area contributed by atoms with Crippen LogP contribution in [0.15, 0.2) is 0 Å². The maximum Gasteiger partial charge on any atom is 2.00 e. The molecule has 0 amide bonds. The van der Waals surface area contributed by atoms with Crippen molar-refractivity contribution in [3.8, 4) is 0 Å². The number of rotatable bonds is 0. The standard InChI is InChI=1S/2FH.H2O.Ti/h2*1H;1H2;/q;;;+2/p-2. The van der Waals surface area contributed by atoms with Crippen LogP contribution in [0.25, 0.3) is 0 Å². The van der Waals surface area contributed by atoms with Gasteiger partial charge in [0.25, 0.3) is 0 Å². The predicted molar refractivity (Wildman–Crippen MR) is 3.61 cm³/mol. The van der Waals surface area contributed by atoms with E-state index in [0.717, 1.165) is 0 Å². The van der Waals surface area contributed by atoms with Crippen LogP contribution in [-0.4, -0.2) is 5.48 Å². The van der Waals surface area contributed by atoms with E-state index < -0.39 is 0 Å². The zero-order valence-electron chi connectivity index (χ0n) is 1.76. The molecule has 0 aromatic carbocycles. The van der Waals surface area contributed by atoms with Crippen LogP contribution in [0.2, 0.25) is 0 Å². The van der Waals surface area contributed by atoms with Crippen molar-refractivity contribution in [2.75, 3.05) is 0 Å². The van der Waals surface area contributed by atoms with Gasteiger partial charge in [-0.15, -0.1) is 0 Å². The summed E-state index contributed by atoms with van der Waals surface area (Å²) in [5.41, 5.74) is 0. The van der Waals surface area contributed by atoms with Crippen molar-refractivity contribution >= 4 is 0 Å². The average molecular weight is 104 g/mol. The first kappa shape index (κ1) is 198. The number of hydrogen-bond donors (Lipinski definition) is 0. The van der Waals surface area contributed by atoms with Gasteiger partial charge in [-0.2, -0.15) is 0 Å². The summed E-state index contributed by atoms with van der Waals surface area (Å²) in [6.07, 6.45) is 0. The molecule has 0 aromatic heterocycles. The van der Waals surface area contributed by atoms with Crippen LogP contribution < -0.4 is 9.41 Å². The predicted octanol–water partition coefficient (Wildman–Crippen LogP) is -6.82. The molecule has 0 rings (SSSR count). The zero-order chi connectivity index (χ0) is 0. The van der Waals surface area contributed by atoms with E-state index in [1.165, 1.54) is 0 Å². The van der Waals surface area contributed by atoms with Gasteiger partial charge in [0.2, 0.25) is 0 Å². The molecule has 0 aliphatic rings. The molecule has 0 unspecified atom stereocenters. The third-order valence-electron chi connectivity index (χ3n) is 0. The smallest absolute Gasteiger partial charge is 1.00 e. The molecule has 0 fully saturated rings. The van der Waals surface area contributed by atoms with Crippen molar-refractivity contribution in [1.82, 2.24) is 0 Å². The van der Waals surface area contributed by atoms with Gasteiger partial charge in [-0.25, -0.2) is 0 Å². The second-order valence-corrected chi connectivity index (χ2v) is 0. The molecule has 2 N–H and O–H groups in total. The molecule has 0 radical (unpaired) electrons. The van der Waals surface area contributed by atoms with E-state index in [0.29, 0.717) is 0 Å².